The smallest absolute Gasteiger partial charge is 0.279 e. The number of hydrogen-bond acceptors (Lipinski definition) is 6. The van der Waals surface area contributed by atoms with Gasteiger partial charge >= 0.3 is 0 Å². The average Bonchev–Trinajstić information content (AvgIpc) is 3.23. The van der Waals surface area contributed by atoms with Gasteiger partial charge in [-0.3, -0.25) is 9.69 Å². The fourth-order valence-corrected chi connectivity index (χ4v) is 4.59. The van der Waals surface area contributed by atoms with Crippen molar-refractivity contribution >= 4 is 28.3 Å². The molecule has 0 amide bonds. The molecule has 8 heteroatoms. The third-order valence-corrected chi connectivity index (χ3v) is 6.42. The molecule has 1 fully saturated rings. The molecule has 170 valence electrons. The molecular formula is C25H26ClN5O2. The molecule has 0 bridgehead atoms. The van der Waals surface area contributed by atoms with Crippen molar-refractivity contribution in [3.8, 4) is 11.3 Å². The first-order valence-electron chi connectivity index (χ1n) is 11.3. The molecule has 33 heavy (non-hydrogen) atoms. The van der Waals surface area contributed by atoms with Gasteiger partial charge in [0.25, 0.3) is 5.56 Å². The third-order valence-electron chi connectivity index (χ3n) is 6.18. The van der Waals surface area contributed by atoms with E-state index in [0.29, 0.717) is 28.9 Å². The molecule has 1 saturated heterocycles. The summed E-state index contributed by atoms with van der Waals surface area (Å²) in [7, 11) is 0. The molecule has 0 radical (unpaired) electrons. The highest BCUT2D eigenvalue weighted by atomic mass is 35.5. The Kier molecular flexibility index (Phi) is 6.15. The van der Waals surface area contributed by atoms with Crippen LogP contribution in [0.25, 0.3) is 22.2 Å². The van der Waals surface area contributed by atoms with Crippen LogP contribution < -0.4 is 10.5 Å². The van der Waals surface area contributed by atoms with Crippen LogP contribution in [0.4, 0.5) is 5.69 Å². The van der Waals surface area contributed by atoms with Crippen LogP contribution in [0.1, 0.15) is 12.1 Å². The van der Waals surface area contributed by atoms with E-state index in [1.54, 1.807) is 11.6 Å². The molecular weight excluding hydrogens is 438 g/mol. The maximum atomic E-state index is 13.1. The quantitative estimate of drug-likeness (QED) is 0.426. The SMILES string of the molecule is Cc1noc2c(-c3ccccc3)nn(CCCN3CCN(c4cccc(Cl)c4)CC3)c(=O)c12. The molecule has 4 aromatic rings. The van der Waals surface area contributed by atoms with E-state index < -0.39 is 0 Å². The topological polar surface area (TPSA) is 67.4 Å². The summed E-state index contributed by atoms with van der Waals surface area (Å²) >= 11 is 6.14. The van der Waals surface area contributed by atoms with Crippen molar-refractivity contribution in [2.24, 2.45) is 0 Å². The Morgan fingerprint density at radius 3 is 2.55 bits per heavy atom. The first kappa shape index (κ1) is 21.7. The summed E-state index contributed by atoms with van der Waals surface area (Å²) in [5, 5.41) is 9.96. The van der Waals surface area contributed by atoms with Crippen LogP contribution in [0.15, 0.2) is 63.9 Å². The number of hydrogen-bond donors (Lipinski definition) is 0. The predicted molar refractivity (Wildman–Crippen MR) is 131 cm³/mol. The van der Waals surface area contributed by atoms with E-state index in [4.69, 9.17) is 16.1 Å². The van der Waals surface area contributed by atoms with E-state index in [9.17, 15) is 4.79 Å². The van der Waals surface area contributed by atoms with Crippen LogP contribution in [0.3, 0.4) is 0 Å². The zero-order valence-corrected chi connectivity index (χ0v) is 19.3. The van der Waals surface area contributed by atoms with Gasteiger partial charge in [0.2, 0.25) is 5.58 Å². The van der Waals surface area contributed by atoms with Gasteiger partial charge in [-0.1, -0.05) is 53.2 Å². The van der Waals surface area contributed by atoms with Crippen LogP contribution in [0.5, 0.6) is 0 Å². The number of nitrogens with zero attached hydrogens (tertiary/aromatic N) is 5. The Balaban J connectivity index is 1.26. The monoisotopic (exact) mass is 463 g/mol. The average molecular weight is 464 g/mol. The van der Waals surface area contributed by atoms with Crippen molar-refractivity contribution in [3.63, 3.8) is 0 Å². The first-order valence-corrected chi connectivity index (χ1v) is 11.6. The molecule has 2 aromatic carbocycles. The van der Waals surface area contributed by atoms with Crippen molar-refractivity contribution in [2.45, 2.75) is 19.9 Å². The van der Waals surface area contributed by atoms with E-state index in [1.165, 1.54) is 5.69 Å². The number of benzene rings is 2. The molecule has 0 atom stereocenters. The van der Waals surface area contributed by atoms with Gasteiger partial charge in [0.15, 0.2) is 0 Å². The summed E-state index contributed by atoms with van der Waals surface area (Å²) in [5.74, 6) is 0. The standard InChI is InChI=1S/C25H26ClN5O2/c1-18-22-24(33-28-18)23(19-7-3-2-4-8-19)27-31(25(22)32)12-6-11-29-13-15-30(16-14-29)21-10-5-9-20(26)17-21/h2-5,7-10,17H,6,11-16H2,1H3. The molecule has 0 saturated carbocycles. The number of anilines is 1. The van der Waals surface area contributed by atoms with Gasteiger partial charge in [-0.25, -0.2) is 4.68 Å². The van der Waals surface area contributed by atoms with E-state index in [-0.39, 0.29) is 5.56 Å². The Hall–Kier alpha value is -3.16. The fourth-order valence-electron chi connectivity index (χ4n) is 4.41. The lowest BCUT2D eigenvalue weighted by Gasteiger charge is -2.36. The van der Waals surface area contributed by atoms with Crippen LogP contribution >= 0.6 is 11.6 Å². The van der Waals surface area contributed by atoms with Crippen molar-refractivity contribution in [3.05, 3.63) is 75.7 Å². The van der Waals surface area contributed by atoms with Gasteiger partial charge in [0.05, 0.1) is 5.69 Å². The first-order chi connectivity index (χ1) is 16.1. The number of aryl methyl sites for hydroxylation is 2. The minimum Gasteiger partial charge on any atom is -0.369 e. The summed E-state index contributed by atoms with van der Waals surface area (Å²) in [6, 6.07) is 17.8. The van der Waals surface area contributed by atoms with Crippen LogP contribution in [0, 0.1) is 6.92 Å². The Morgan fingerprint density at radius 1 is 1.00 bits per heavy atom. The Bertz CT molecular complexity index is 1310. The van der Waals surface area contributed by atoms with E-state index in [2.05, 4.69) is 26.1 Å². The number of piperazine rings is 1. The second kappa shape index (κ2) is 9.37. The Labute approximate surface area is 197 Å². The normalized spacial score (nSPS) is 14.8. The minimum absolute atomic E-state index is 0.144. The highest BCUT2D eigenvalue weighted by molar-refractivity contribution is 6.30. The lowest BCUT2D eigenvalue weighted by atomic mass is 10.1. The summed E-state index contributed by atoms with van der Waals surface area (Å²) in [6.07, 6.45) is 0.841. The summed E-state index contributed by atoms with van der Waals surface area (Å²) in [6.45, 7) is 7.14. The lowest BCUT2D eigenvalue weighted by molar-refractivity contribution is 0.248. The molecule has 0 unspecified atom stereocenters. The van der Waals surface area contributed by atoms with Crippen LogP contribution in [-0.4, -0.2) is 52.6 Å². The molecule has 5 rings (SSSR count). The van der Waals surface area contributed by atoms with Gasteiger partial charge in [-0.15, -0.1) is 0 Å². The van der Waals surface area contributed by atoms with Crippen molar-refractivity contribution in [2.75, 3.05) is 37.6 Å². The minimum atomic E-state index is -0.144. The number of aromatic nitrogens is 3. The highest BCUT2D eigenvalue weighted by Gasteiger charge is 2.20. The van der Waals surface area contributed by atoms with Gasteiger partial charge in [-0.05, 0) is 31.5 Å². The third kappa shape index (κ3) is 4.51. The summed E-state index contributed by atoms with van der Waals surface area (Å²) in [5.41, 5.74) is 3.64. The fraction of sp³-hybridized carbons (Fsp3) is 0.320. The zero-order valence-electron chi connectivity index (χ0n) is 18.6. The van der Waals surface area contributed by atoms with E-state index in [1.807, 2.05) is 48.5 Å². The number of fused-ring (bicyclic) bond motifs is 1. The largest absolute Gasteiger partial charge is 0.369 e. The highest BCUT2D eigenvalue weighted by Crippen LogP contribution is 2.26. The maximum Gasteiger partial charge on any atom is 0.279 e. The summed E-state index contributed by atoms with van der Waals surface area (Å²) < 4.78 is 7.04. The zero-order chi connectivity index (χ0) is 22.8. The van der Waals surface area contributed by atoms with Crippen molar-refractivity contribution in [1.82, 2.24) is 19.8 Å². The van der Waals surface area contributed by atoms with Gasteiger partial charge < -0.3 is 9.42 Å². The molecule has 0 spiro atoms. The van der Waals surface area contributed by atoms with Crippen molar-refractivity contribution in [1.29, 1.82) is 0 Å². The van der Waals surface area contributed by atoms with E-state index >= 15 is 0 Å². The van der Waals surface area contributed by atoms with Gasteiger partial charge in [-0.2, -0.15) is 5.10 Å². The second-order valence-corrected chi connectivity index (χ2v) is 8.81. The predicted octanol–water partition coefficient (Wildman–Crippen LogP) is 4.23. The molecule has 7 nitrogen and oxygen atoms in total. The lowest BCUT2D eigenvalue weighted by Crippen LogP contribution is -2.46. The maximum absolute atomic E-state index is 13.1. The summed E-state index contributed by atoms with van der Waals surface area (Å²) in [4.78, 5) is 17.9. The van der Waals surface area contributed by atoms with Gasteiger partial charge in [0.1, 0.15) is 11.1 Å². The second-order valence-electron chi connectivity index (χ2n) is 8.38. The molecule has 1 aliphatic heterocycles. The molecule has 2 aromatic heterocycles. The number of rotatable bonds is 6. The molecule has 0 aliphatic carbocycles. The Morgan fingerprint density at radius 2 is 1.79 bits per heavy atom. The number of halogens is 1. The molecule has 3 heterocycles. The van der Waals surface area contributed by atoms with E-state index in [0.717, 1.165) is 49.7 Å². The molecule has 0 N–H and O–H groups in total. The molecule has 1 aliphatic rings. The van der Waals surface area contributed by atoms with Gasteiger partial charge in [0, 0.05) is 55.5 Å². The van der Waals surface area contributed by atoms with Crippen molar-refractivity contribution < 1.29 is 4.52 Å². The van der Waals surface area contributed by atoms with Crippen LogP contribution in [-0.2, 0) is 6.54 Å². The van der Waals surface area contributed by atoms with Crippen LogP contribution in [0.2, 0.25) is 5.02 Å².